The molecule has 1 rings (SSSR count). The first-order valence-corrected chi connectivity index (χ1v) is 5.99. The molecule has 20 heavy (non-hydrogen) atoms. The van der Waals surface area contributed by atoms with E-state index >= 15 is 0 Å². The molecule has 2 N–H and O–H groups in total. The number of ether oxygens (including phenoxy) is 1. The number of aliphatic hydroxyl groups is 1. The van der Waals surface area contributed by atoms with Crippen molar-refractivity contribution in [3.63, 3.8) is 0 Å². The van der Waals surface area contributed by atoms with Gasteiger partial charge in [0.15, 0.2) is 11.9 Å². The number of aliphatic carboxylic acids is 1. The Kier molecular flexibility index (Phi) is 5.84. The van der Waals surface area contributed by atoms with Gasteiger partial charge in [0.1, 0.15) is 5.75 Å². The summed E-state index contributed by atoms with van der Waals surface area (Å²) in [6.07, 6.45) is -2.08. The van der Waals surface area contributed by atoms with Crippen molar-refractivity contribution in [1.82, 2.24) is 0 Å². The fourth-order valence-corrected chi connectivity index (χ4v) is 1.67. The monoisotopic (exact) mass is 308 g/mol. The molecule has 0 radical (unpaired) electrons. The molecule has 1 aromatic rings. The molecule has 0 heterocycles. The van der Waals surface area contributed by atoms with Crippen LogP contribution in [-0.2, 0) is 4.79 Å². The number of hydrogen-bond donors (Lipinski definition) is 2. The van der Waals surface area contributed by atoms with E-state index in [0.29, 0.717) is 0 Å². The van der Waals surface area contributed by atoms with Gasteiger partial charge in [0, 0.05) is 23.4 Å². The molecule has 0 amide bonds. The van der Waals surface area contributed by atoms with Gasteiger partial charge < -0.3 is 14.9 Å². The number of carboxylic acid groups (broad SMARTS) is 1. The third-order valence-corrected chi connectivity index (χ3v) is 2.59. The Bertz CT molecular complexity index is 507. The number of aliphatic hydroxyl groups excluding tert-OH is 1. The molecule has 0 spiro atoms. The highest BCUT2D eigenvalue weighted by Gasteiger charge is 2.23. The third-order valence-electron chi connectivity index (χ3n) is 2.40. The standard InChI is InChI=1S/C12H11ClF2O5/c13-4-3-8(16)6-1-2-9(20-12(14)15)7(5-6)10(17)11(18)19/h1-2,5,10,12,17H,3-4H2,(H,18,19). The number of rotatable bonds is 7. The highest BCUT2D eigenvalue weighted by atomic mass is 35.5. The molecule has 110 valence electrons. The summed E-state index contributed by atoms with van der Waals surface area (Å²) in [5.41, 5.74) is -0.360. The van der Waals surface area contributed by atoms with Crippen LogP contribution in [0, 0.1) is 0 Å². The second kappa shape index (κ2) is 7.16. The minimum Gasteiger partial charge on any atom is -0.479 e. The Balaban J connectivity index is 3.20. The summed E-state index contributed by atoms with van der Waals surface area (Å²) >= 11 is 5.41. The van der Waals surface area contributed by atoms with Crippen molar-refractivity contribution < 1.29 is 33.3 Å². The zero-order valence-electron chi connectivity index (χ0n) is 10.1. The van der Waals surface area contributed by atoms with Gasteiger partial charge in [-0.25, -0.2) is 4.79 Å². The van der Waals surface area contributed by atoms with E-state index in [0.717, 1.165) is 12.1 Å². The van der Waals surface area contributed by atoms with Gasteiger partial charge >= 0.3 is 12.6 Å². The number of carbonyl (C=O) groups excluding carboxylic acids is 1. The van der Waals surface area contributed by atoms with Crippen LogP contribution in [0.4, 0.5) is 8.78 Å². The lowest BCUT2D eigenvalue weighted by Gasteiger charge is -2.14. The minimum atomic E-state index is -3.18. The van der Waals surface area contributed by atoms with E-state index < -0.39 is 35.8 Å². The smallest absolute Gasteiger partial charge is 0.387 e. The quantitative estimate of drug-likeness (QED) is 0.596. The summed E-state index contributed by atoms with van der Waals surface area (Å²) in [4.78, 5) is 22.4. The van der Waals surface area contributed by atoms with Gasteiger partial charge in [-0.1, -0.05) is 0 Å². The van der Waals surface area contributed by atoms with E-state index in [2.05, 4.69) is 4.74 Å². The molecule has 0 aliphatic rings. The molecule has 0 saturated carbocycles. The topological polar surface area (TPSA) is 83.8 Å². The molecular weight excluding hydrogens is 298 g/mol. The fraction of sp³-hybridized carbons (Fsp3) is 0.333. The summed E-state index contributed by atoms with van der Waals surface area (Å²) in [5.74, 6) is -2.49. The summed E-state index contributed by atoms with van der Waals surface area (Å²) in [5, 5.41) is 18.2. The molecule has 0 saturated heterocycles. The molecule has 1 atom stereocenters. The number of hydrogen-bond acceptors (Lipinski definition) is 4. The average molecular weight is 309 g/mol. The number of ketones is 1. The largest absolute Gasteiger partial charge is 0.479 e. The van der Waals surface area contributed by atoms with Crippen molar-refractivity contribution in [2.75, 3.05) is 5.88 Å². The fourth-order valence-electron chi connectivity index (χ4n) is 1.50. The second-order valence-electron chi connectivity index (χ2n) is 3.73. The van der Waals surface area contributed by atoms with Crippen LogP contribution in [0.2, 0.25) is 0 Å². The van der Waals surface area contributed by atoms with E-state index in [9.17, 15) is 23.5 Å². The number of carbonyl (C=O) groups is 2. The van der Waals surface area contributed by atoms with Gasteiger partial charge in [0.05, 0.1) is 0 Å². The van der Waals surface area contributed by atoms with E-state index in [1.54, 1.807) is 0 Å². The summed E-state index contributed by atoms with van der Waals surface area (Å²) < 4.78 is 28.5. The van der Waals surface area contributed by atoms with Crippen LogP contribution in [0.5, 0.6) is 5.75 Å². The summed E-state index contributed by atoms with van der Waals surface area (Å²) in [6.45, 7) is -3.18. The Morgan fingerprint density at radius 3 is 2.50 bits per heavy atom. The molecule has 0 aliphatic heterocycles. The van der Waals surface area contributed by atoms with Gasteiger partial charge in [-0.2, -0.15) is 8.78 Å². The molecular formula is C12H11ClF2O5. The first-order chi connectivity index (χ1) is 9.36. The molecule has 1 unspecified atom stereocenters. The van der Waals surface area contributed by atoms with Crippen molar-refractivity contribution in [3.05, 3.63) is 29.3 Å². The normalized spacial score (nSPS) is 12.2. The highest BCUT2D eigenvalue weighted by Crippen LogP contribution is 2.28. The Labute approximate surface area is 117 Å². The van der Waals surface area contributed by atoms with Crippen LogP contribution in [0.15, 0.2) is 18.2 Å². The number of halogens is 3. The Morgan fingerprint density at radius 1 is 1.35 bits per heavy atom. The highest BCUT2D eigenvalue weighted by molar-refractivity contribution is 6.19. The number of benzene rings is 1. The maximum absolute atomic E-state index is 12.2. The van der Waals surface area contributed by atoms with E-state index in [4.69, 9.17) is 16.7 Å². The molecule has 8 heteroatoms. The van der Waals surface area contributed by atoms with Gasteiger partial charge in [-0.15, -0.1) is 11.6 Å². The van der Waals surface area contributed by atoms with E-state index in [-0.39, 0.29) is 17.9 Å². The van der Waals surface area contributed by atoms with Crippen LogP contribution in [-0.4, -0.2) is 34.5 Å². The predicted octanol–water partition coefficient (Wildman–Crippen LogP) is 2.22. The maximum atomic E-state index is 12.2. The van der Waals surface area contributed by atoms with Crippen molar-refractivity contribution in [1.29, 1.82) is 0 Å². The van der Waals surface area contributed by atoms with Crippen LogP contribution in [0.3, 0.4) is 0 Å². The van der Waals surface area contributed by atoms with Gasteiger partial charge in [0.2, 0.25) is 0 Å². The number of Topliss-reactive ketones (excluding diaryl/α,β-unsaturated/α-hetero) is 1. The zero-order valence-corrected chi connectivity index (χ0v) is 10.8. The SMILES string of the molecule is O=C(CCCl)c1ccc(OC(F)F)c(C(O)C(=O)O)c1. The average Bonchev–Trinajstić information content (AvgIpc) is 2.37. The van der Waals surface area contributed by atoms with Crippen molar-refractivity contribution in [3.8, 4) is 5.75 Å². The van der Waals surface area contributed by atoms with Crippen LogP contribution in [0.25, 0.3) is 0 Å². The first kappa shape index (κ1) is 16.3. The van der Waals surface area contributed by atoms with Crippen LogP contribution >= 0.6 is 11.6 Å². The zero-order chi connectivity index (χ0) is 15.3. The van der Waals surface area contributed by atoms with Crippen LogP contribution < -0.4 is 4.74 Å². The van der Waals surface area contributed by atoms with Crippen LogP contribution in [0.1, 0.15) is 28.4 Å². The molecule has 0 bridgehead atoms. The number of carboxylic acids is 1. The lowest BCUT2D eigenvalue weighted by molar-refractivity contribution is -0.147. The van der Waals surface area contributed by atoms with Gasteiger partial charge in [0.25, 0.3) is 0 Å². The molecule has 1 aromatic carbocycles. The Morgan fingerprint density at radius 2 is 2.00 bits per heavy atom. The van der Waals surface area contributed by atoms with E-state index in [1.807, 2.05) is 0 Å². The predicted molar refractivity (Wildman–Crippen MR) is 65.3 cm³/mol. The first-order valence-electron chi connectivity index (χ1n) is 5.45. The third kappa shape index (κ3) is 4.14. The second-order valence-corrected chi connectivity index (χ2v) is 4.11. The van der Waals surface area contributed by atoms with Crippen molar-refractivity contribution >= 4 is 23.4 Å². The summed E-state index contributed by atoms with van der Waals surface area (Å²) in [6, 6.07) is 3.21. The van der Waals surface area contributed by atoms with Gasteiger partial charge in [-0.05, 0) is 18.2 Å². The molecule has 0 fully saturated rings. The van der Waals surface area contributed by atoms with Crippen molar-refractivity contribution in [2.24, 2.45) is 0 Å². The van der Waals surface area contributed by atoms with Gasteiger partial charge in [-0.3, -0.25) is 4.79 Å². The van der Waals surface area contributed by atoms with Crippen molar-refractivity contribution in [2.45, 2.75) is 19.1 Å². The molecule has 5 nitrogen and oxygen atoms in total. The summed E-state index contributed by atoms with van der Waals surface area (Å²) in [7, 11) is 0. The molecule has 0 aromatic heterocycles. The maximum Gasteiger partial charge on any atom is 0.387 e. The Hall–Kier alpha value is -1.73. The lowest BCUT2D eigenvalue weighted by Crippen LogP contribution is -2.15. The van der Waals surface area contributed by atoms with E-state index in [1.165, 1.54) is 6.07 Å². The minimum absolute atomic E-state index is 0.000781. The molecule has 0 aliphatic carbocycles. The number of alkyl halides is 3. The lowest BCUT2D eigenvalue weighted by atomic mass is 10.0.